The highest BCUT2D eigenvalue weighted by molar-refractivity contribution is 5.90. The van der Waals surface area contributed by atoms with Gasteiger partial charge in [-0.2, -0.15) is 0 Å². The smallest absolute Gasteiger partial charge is 0.338 e. The lowest BCUT2D eigenvalue weighted by molar-refractivity contribution is 0.0405. The minimum absolute atomic E-state index is 0.0155. The van der Waals surface area contributed by atoms with E-state index >= 15 is 0 Å². The third kappa shape index (κ3) is 3.64. The molecule has 0 spiro atoms. The fraction of sp³-hybridized carbons (Fsp3) is 0.417. The normalized spacial score (nSPS) is 11.9. The van der Waals surface area contributed by atoms with E-state index in [2.05, 4.69) is 0 Å². The molecule has 0 heterocycles. The van der Waals surface area contributed by atoms with Crippen LogP contribution in [0.5, 0.6) is 5.75 Å². The summed E-state index contributed by atoms with van der Waals surface area (Å²) in [6.45, 7) is 1.96. The Balaban J connectivity index is 2.69. The molecule has 1 atom stereocenters. The molecule has 0 fully saturated rings. The molecule has 1 rings (SSSR count). The first-order valence-electron chi connectivity index (χ1n) is 5.30. The lowest BCUT2D eigenvalue weighted by atomic mass is 10.2. The number of anilines is 1. The Hall–Kier alpha value is -1.75. The molecule has 17 heavy (non-hydrogen) atoms. The summed E-state index contributed by atoms with van der Waals surface area (Å²) in [7, 11) is 1.48. The Labute approximate surface area is 100 Å². The maximum Gasteiger partial charge on any atom is 0.338 e. The molecule has 5 nitrogen and oxygen atoms in total. The molecule has 1 aromatic carbocycles. The first-order chi connectivity index (χ1) is 8.08. The number of benzene rings is 1. The van der Waals surface area contributed by atoms with Gasteiger partial charge >= 0.3 is 5.97 Å². The van der Waals surface area contributed by atoms with Gasteiger partial charge in [-0.25, -0.2) is 4.79 Å². The largest absolute Gasteiger partial charge is 0.495 e. The minimum Gasteiger partial charge on any atom is -0.495 e. The van der Waals surface area contributed by atoms with Crippen LogP contribution in [0.15, 0.2) is 18.2 Å². The summed E-state index contributed by atoms with van der Waals surface area (Å²) in [5, 5.41) is 8.81. The molecule has 0 bridgehead atoms. The molecule has 1 unspecified atom stereocenters. The number of nitrogen functional groups attached to an aromatic ring is 1. The number of carbonyl (C=O) groups is 1. The number of nitrogens with two attached hydrogens (primary N) is 1. The van der Waals surface area contributed by atoms with Crippen molar-refractivity contribution in [2.24, 2.45) is 5.92 Å². The van der Waals surface area contributed by atoms with Crippen molar-refractivity contribution >= 4 is 11.7 Å². The average Bonchev–Trinajstić information content (AvgIpc) is 2.35. The predicted molar refractivity (Wildman–Crippen MR) is 63.9 cm³/mol. The van der Waals surface area contributed by atoms with Crippen LogP contribution in [0.4, 0.5) is 5.69 Å². The summed E-state index contributed by atoms with van der Waals surface area (Å²) < 4.78 is 10.0. The van der Waals surface area contributed by atoms with E-state index in [9.17, 15) is 4.79 Å². The molecule has 0 radical (unpaired) electrons. The van der Waals surface area contributed by atoms with Crippen LogP contribution < -0.4 is 10.5 Å². The van der Waals surface area contributed by atoms with Gasteiger partial charge in [0.05, 0.1) is 25.0 Å². The van der Waals surface area contributed by atoms with Gasteiger partial charge in [0.1, 0.15) is 5.75 Å². The zero-order valence-corrected chi connectivity index (χ0v) is 9.97. The number of ether oxygens (including phenoxy) is 2. The Bertz CT molecular complexity index is 392. The molecule has 3 N–H and O–H groups in total. The van der Waals surface area contributed by atoms with Crippen molar-refractivity contribution < 1.29 is 19.4 Å². The third-order valence-corrected chi connectivity index (χ3v) is 2.28. The van der Waals surface area contributed by atoms with Gasteiger partial charge in [0.15, 0.2) is 0 Å². The Morgan fingerprint density at radius 3 is 2.82 bits per heavy atom. The van der Waals surface area contributed by atoms with Crippen molar-refractivity contribution in [3.05, 3.63) is 23.8 Å². The summed E-state index contributed by atoms with van der Waals surface area (Å²) in [6.07, 6.45) is 0. The number of carbonyl (C=O) groups excluding carboxylic acids is 1. The van der Waals surface area contributed by atoms with Crippen LogP contribution in [0.2, 0.25) is 0 Å². The maximum atomic E-state index is 11.6. The Kier molecular flexibility index (Phi) is 4.78. The van der Waals surface area contributed by atoms with Crippen LogP contribution in [-0.4, -0.2) is 31.4 Å². The lowest BCUT2D eigenvalue weighted by Gasteiger charge is -2.10. The second kappa shape index (κ2) is 6.10. The molecule has 5 heteroatoms. The summed E-state index contributed by atoms with van der Waals surface area (Å²) in [5.41, 5.74) is 6.48. The van der Waals surface area contributed by atoms with Crippen LogP contribution in [0, 0.1) is 5.92 Å². The maximum absolute atomic E-state index is 11.6. The number of esters is 1. The highest BCUT2D eigenvalue weighted by atomic mass is 16.5. The molecule has 0 aliphatic carbocycles. The second-order valence-electron chi connectivity index (χ2n) is 3.84. The summed E-state index contributed by atoms with van der Waals surface area (Å²) in [4.78, 5) is 11.6. The number of hydrogen-bond donors (Lipinski definition) is 2. The molecule has 0 aromatic heterocycles. The van der Waals surface area contributed by atoms with Gasteiger partial charge in [-0.15, -0.1) is 0 Å². The van der Waals surface area contributed by atoms with Crippen molar-refractivity contribution in [1.29, 1.82) is 0 Å². The van der Waals surface area contributed by atoms with Crippen LogP contribution >= 0.6 is 0 Å². The van der Waals surface area contributed by atoms with E-state index in [1.807, 2.05) is 0 Å². The molecule has 1 aromatic rings. The first kappa shape index (κ1) is 13.3. The van der Waals surface area contributed by atoms with E-state index in [1.165, 1.54) is 13.2 Å². The van der Waals surface area contributed by atoms with Crippen molar-refractivity contribution in [3.63, 3.8) is 0 Å². The third-order valence-electron chi connectivity index (χ3n) is 2.28. The first-order valence-corrected chi connectivity index (χ1v) is 5.30. The summed E-state index contributed by atoms with van der Waals surface area (Å²) >= 11 is 0. The number of rotatable bonds is 5. The second-order valence-corrected chi connectivity index (χ2v) is 3.84. The molecule has 0 amide bonds. The van der Waals surface area contributed by atoms with E-state index in [1.54, 1.807) is 19.1 Å². The van der Waals surface area contributed by atoms with Crippen molar-refractivity contribution in [2.75, 3.05) is 26.1 Å². The number of aliphatic hydroxyl groups excluding tert-OH is 1. The number of aliphatic hydroxyl groups is 1. The van der Waals surface area contributed by atoms with Gasteiger partial charge in [0, 0.05) is 12.5 Å². The van der Waals surface area contributed by atoms with Crippen molar-refractivity contribution in [3.8, 4) is 5.75 Å². The Morgan fingerprint density at radius 2 is 2.24 bits per heavy atom. The van der Waals surface area contributed by atoms with E-state index in [0.29, 0.717) is 17.0 Å². The highest BCUT2D eigenvalue weighted by Crippen LogP contribution is 2.22. The molecular formula is C12H17NO4. The van der Waals surface area contributed by atoms with Gasteiger partial charge in [-0.05, 0) is 18.2 Å². The SMILES string of the molecule is COc1cc(C(=O)OCC(C)CO)ccc1N. The van der Waals surface area contributed by atoms with Crippen molar-refractivity contribution in [1.82, 2.24) is 0 Å². The number of hydrogen-bond acceptors (Lipinski definition) is 5. The van der Waals surface area contributed by atoms with Gasteiger partial charge < -0.3 is 20.3 Å². The van der Waals surface area contributed by atoms with Crippen LogP contribution in [0.25, 0.3) is 0 Å². The van der Waals surface area contributed by atoms with E-state index in [0.717, 1.165) is 0 Å². The van der Waals surface area contributed by atoms with Gasteiger partial charge in [0.25, 0.3) is 0 Å². The van der Waals surface area contributed by atoms with Gasteiger partial charge in [-0.3, -0.25) is 0 Å². The van der Waals surface area contributed by atoms with Crippen LogP contribution in [0.1, 0.15) is 17.3 Å². The molecule has 94 valence electrons. The minimum atomic E-state index is -0.455. The topological polar surface area (TPSA) is 81.8 Å². The Morgan fingerprint density at radius 1 is 1.53 bits per heavy atom. The average molecular weight is 239 g/mol. The van der Waals surface area contributed by atoms with Gasteiger partial charge in [0.2, 0.25) is 0 Å². The molecule has 0 saturated heterocycles. The van der Waals surface area contributed by atoms with Crippen molar-refractivity contribution in [2.45, 2.75) is 6.92 Å². The molecule has 0 aliphatic rings. The zero-order chi connectivity index (χ0) is 12.8. The van der Waals surface area contributed by atoms with E-state index < -0.39 is 5.97 Å². The zero-order valence-electron chi connectivity index (χ0n) is 9.97. The quantitative estimate of drug-likeness (QED) is 0.593. The fourth-order valence-electron chi connectivity index (χ4n) is 1.19. The molecule has 0 aliphatic heterocycles. The number of methoxy groups -OCH3 is 1. The molecular weight excluding hydrogens is 222 g/mol. The van der Waals surface area contributed by atoms with E-state index in [4.69, 9.17) is 20.3 Å². The summed E-state index contributed by atoms with van der Waals surface area (Å²) in [6, 6.07) is 4.69. The van der Waals surface area contributed by atoms with E-state index in [-0.39, 0.29) is 19.1 Å². The van der Waals surface area contributed by atoms with Crippen LogP contribution in [-0.2, 0) is 4.74 Å². The lowest BCUT2D eigenvalue weighted by Crippen LogP contribution is -2.14. The predicted octanol–water partition coefficient (Wildman–Crippen LogP) is 1.06. The summed E-state index contributed by atoms with van der Waals surface area (Å²) in [5.74, 6) is -0.0899. The monoisotopic (exact) mass is 239 g/mol. The van der Waals surface area contributed by atoms with Gasteiger partial charge in [-0.1, -0.05) is 6.92 Å². The highest BCUT2D eigenvalue weighted by Gasteiger charge is 2.11. The van der Waals surface area contributed by atoms with Crippen LogP contribution in [0.3, 0.4) is 0 Å². The standard InChI is InChI=1S/C12H17NO4/c1-8(6-14)7-17-12(15)9-3-4-10(13)11(5-9)16-2/h3-5,8,14H,6-7,13H2,1-2H3. The molecule has 0 saturated carbocycles. The fourth-order valence-corrected chi connectivity index (χ4v) is 1.19.